The molecular weight excluding hydrogens is 276 g/mol. The minimum absolute atomic E-state index is 0.196. The van der Waals surface area contributed by atoms with Crippen LogP contribution in [0.5, 0.6) is 0 Å². The number of amides is 1. The van der Waals surface area contributed by atoms with Gasteiger partial charge in [-0.3, -0.25) is 0 Å². The molecule has 0 bridgehead atoms. The van der Waals surface area contributed by atoms with Gasteiger partial charge in [-0.1, -0.05) is 19.8 Å². The molecule has 4 nitrogen and oxygen atoms in total. The van der Waals surface area contributed by atoms with Crippen molar-refractivity contribution < 1.29 is 9.53 Å². The Kier molecular flexibility index (Phi) is 8.23. The topological polar surface area (TPSA) is 41.6 Å². The number of hydrogen-bond donors (Lipinski definition) is 1. The van der Waals surface area contributed by atoms with Crippen molar-refractivity contribution in [3.63, 3.8) is 0 Å². The van der Waals surface area contributed by atoms with Crippen LogP contribution in [-0.4, -0.2) is 42.3 Å². The van der Waals surface area contributed by atoms with E-state index in [1.807, 2.05) is 27.7 Å². The van der Waals surface area contributed by atoms with Crippen LogP contribution in [0.3, 0.4) is 0 Å². The van der Waals surface area contributed by atoms with Gasteiger partial charge in [0.15, 0.2) is 0 Å². The quantitative estimate of drug-likeness (QED) is 0.590. The highest BCUT2D eigenvalue weighted by atomic mass is 16.6. The predicted molar refractivity (Wildman–Crippen MR) is 92.1 cm³/mol. The Morgan fingerprint density at radius 3 is 2.59 bits per heavy atom. The van der Waals surface area contributed by atoms with E-state index in [2.05, 4.69) is 12.2 Å². The largest absolute Gasteiger partial charge is 0.444 e. The monoisotopic (exact) mass is 312 g/mol. The summed E-state index contributed by atoms with van der Waals surface area (Å²) >= 11 is 0. The van der Waals surface area contributed by atoms with Gasteiger partial charge in [0.25, 0.3) is 0 Å². The first-order valence-corrected chi connectivity index (χ1v) is 9.03. The lowest BCUT2D eigenvalue weighted by atomic mass is 10.0. The molecule has 1 aliphatic rings. The van der Waals surface area contributed by atoms with Crippen LogP contribution in [-0.2, 0) is 4.74 Å². The number of ether oxygens (including phenoxy) is 1. The second-order valence-corrected chi connectivity index (χ2v) is 7.68. The highest BCUT2D eigenvalue weighted by Gasteiger charge is 2.21. The van der Waals surface area contributed by atoms with Crippen LogP contribution in [0.1, 0.15) is 73.1 Å². The molecule has 1 amide bonds. The Hall–Kier alpha value is -0.770. The average molecular weight is 312 g/mol. The van der Waals surface area contributed by atoms with Crippen LogP contribution in [0.25, 0.3) is 0 Å². The van der Waals surface area contributed by atoms with Gasteiger partial charge in [-0.25, -0.2) is 4.79 Å². The number of rotatable bonds is 6. The summed E-state index contributed by atoms with van der Waals surface area (Å²) in [6, 6.07) is 0.668. The summed E-state index contributed by atoms with van der Waals surface area (Å²) in [5.74, 6) is 0.884. The van der Waals surface area contributed by atoms with Crippen molar-refractivity contribution in [3.8, 4) is 0 Å². The molecule has 0 aliphatic heterocycles. The van der Waals surface area contributed by atoms with Gasteiger partial charge in [0, 0.05) is 19.1 Å². The standard InChI is InChI=1S/C18H36N2O2/c1-6-20(17(21)22-18(3,4)5)14-8-13-19-16-10-7-9-15(2)11-12-16/h15-16,19H,6-14H2,1-5H3. The van der Waals surface area contributed by atoms with E-state index < -0.39 is 5.60 Å². The van der Waals surface area contributed by atoms with E-state index in [1.165, 1.54) is 32.1 Å². The van der Waals surface area contributed by atoms with Crippen molar-refractivity contribution >= 4 is 6.09 Å². The first-order chi connectivity index (χ1) is 10.3. The van der Waals surface area contributed by atoms with Crippen molar-refractivity contribution in [1.29, 1.82) is 0 Å². The molecule has 0 aromatic carbocycles. The fourth-order valence-corrected chi connectivity index (χ4v) is 2.97. The SMILES string of the molecule is CCN(CCCNC1CCCC(C)CC1)C(=O)OC(C)(C)C. The Labute approximate surface area is 137 Å². The van der Waals surface area contributed by atoms with E-state index in [9.17, 15) is 4.79 Å². The zero-order valence-electron chi connectivity index (χ0n) is 15.3. The fourth-order valence-electron chi connectivity index (χ4n) is 2.97. The van der Waals surface area contributed by atoms with Crippen LogP contribution < -0.4 is 5.32 Å². The van der Waals surface area contributed by atoms with Crippen molar-refractivity contribution in [1.82, 2.24) is 10.2 Å². The third-order valence-corrected chi connectivity index (χ3v) is 4.33. The Balaban J connectivity index is 2.22. The number of carbonyl (C=O) groups excluding carboxylic acids is 1. The summed E-state index contributed by atoms with van der Waals surface area (Å²) < 4.78 is 5.43. The van der Waals surface area contributed by atoms with E-state index in [-0.39, 0.29) is 6.09 Å². The molecule has 130 valence electrons. The van der Waals surface area contributed by atoms with Gasteiger partial charge in [0.05, 0.1) is 0 Å². The van der Waals surface area contributed by atoms with Gasteiger partial charge in [0.2, 0.25) is 0 Å². The van der Waals surface area contributed by atoms with Crippen molar-refractivity contribution in [2.75, 3.05) is 19.6 Å². The summed E-state index contributed by atoms with van der Waals surface area (Å²) in [4.78, 5) is 13.8. The molecule has 1 N–H and O–H groups in total. The maximum atomic E-state index is 12.1. The fraction of sp³-hybridized carbons (Fsp3) is 0.944. The molecule has 22 heavy (non-hydrogen) atoms. The second-order valence-electron chi connectivity index (χ2n) is 7.68. The van der Waals surface area contributed by atoms with Crippen LogP contribution in [0.15, 0.2) is 0 Å². The minimum atomic E-state index is -0.417. The lowest BCUT2D eigenvalue weighted by Crippen LogP contribution is -2.38. The van der Waals surface area contributed by atoms with Crippen LogP contribution >= 0.6 is 0 Å². The first-order valence-electron chi connectivity index (χ1n) is 9.03. The smallest absolute Gasteiger partial charge is 0.410 e. The third kappa shape index (κ3) is 8.02. The number of carbonyl (C=O) groups is 1. The molecular formula is C18H36N2O2. The lowest BCUT2D eigenvalue weighted by Gasteiger charge is -2.26. The molecule has 4 heteroatoms. The Morgan fingerprint density at radius 1 is 1.23 bits per heavy atom. The van der Waals surface area contributed by atoms with Gasteiger partial charge >= 0.3 is 6.09 Å². The van der Waals surface area contributed by atoms with Crippen LogP contribution in [0, 0.1) is 5.92 Å². The highest BCUT2D eigenvalue weighted by molar-refractivity contribution is 5.68. The number of hydrogen-bond acceptors (Lipinski definition) is 3. The van der Waals surface area contributed by atoms with E-state index in [1.54, 1.807) is 4.90 Å². The summed E-state index contributed by atoms with van der Waals surface area (Å²) in [5, 5.41) is 3.67. The first kappa shape index (κ1) is 19.3. The minimum Gasteiger partial charge on any atom is -0.444 e. The van der Waals surface area contributed by atoms with Gasteiger partial charge in [0.1, 0.15) is 5.60 Å². The van der Waals surface area contributed by atoms with Crippen LogP contribution in [0.2, 0.25) is 0 Å². The molecule has 2 unspecified atom stereocenters. The molecule has 1 rings (SSSR count). The Morgan fingerprint density at radius 2 is 1.95 bits per heavy atom. The summed E-state index contributed by atoms with van der Waals surface area (Å²) in [6.07, 6.45) is 7.45. The molecule has 0 heterocycles. The second kappa shape index (κ2) is 9.39. The molecule has 1 aliphatic carbocycles. The molecule has 0 radical (unpaired) electrons. The molecule has 1 fully saturated rings. The average Bonchev–Trinajstić information content (AvgIpc) is 2.61. The highest BCUT2D eigenvalue weighted by Crippen LogP contribution is 2.22. The van der Waals surface area contributed by atoms with Gasteiger partial charge in [-0.05, 0) is 65.8 Å². The van der Waals surface area contributed by atoms with Gasteiger partial charge in [-0.2, -0.15) is 0 Å². The van der Waals surface area contributed by atoms with Crippen molar-refractivity contribution in [2.24, 2.45) is 5.92 Å². The molecule has 0 saturated heterocycles. The molecule has 0 spiro atoms. The zero-order valence-corrected chi connectivity index (χ0v) is 15.3. The zero-order chi connectivity index (χ0) is 16.6. The van der Waals surface area contributed by atoms with Gasteiger partial charge < -0.3 is 15.0 Å². The van der Waals surface area contributed by atoms with E-state index in [0.717, 1.165) is 25.4 Å². The maximum absolute atomic E-state index is 12.1. The van der Waals surface area contributed by atoms with E-state index >= 15 is 0 Å². The van der Waals surface area contributed by atoms with E-state index in [4.69, 9.17) is 4.74 Å². The maximum Gasteiger partial charge on any atom is 0.410 e. The lowest BCUT2D eigenvalue weighted by molar-refractivity contribution is 0.0258. The molecule has 0 aromatic heterocycles. The summed E-state index contributed by atoms with van der Waals surface area (Å²) in [5.41, 5.74) is -0.417. The van der Waals surface area contributed by atoms with Crippen molar-refractivity contribution in [2.45, 2.75) is 84.8 Å². The van der Waals surface area contributed by atoms with Crippen LogP contribution in [0.4, 0.5) is 4.79 Å². The molecule has 2 atom stereocenters. The Bertz CT molecular complexity index is 326. The van der Waals surface area contributed by atoms with Crippen molar-refractivity contribution in [3.05, 3.63) is 0 Å². The van der Waals surface area contributed by atoms with Gasteiger partial charge in [-0.15, -0.1) is 0 Å². The molecule has 0 aromatic rings. The summed E-state index contributed by atoms with van der Waals surface area (Å²) in [6.45, 7) is 12.6. The predicted octanol–water partition coefficient (Wildman–Crippen LogP) is 4.19. The van der Waals surface area contributed by atoms with E-state index in [0.29, 0.717) is 12.6 Å². The third-order valence-electron chi connectivity index (χ3n) is 4.33. The normalized spacial score (nSPS) is 23.0. The molecule has 1 saturated carbocycles. The number of nitrogens with zero attached hydrogens (tertiary/aromatic N) is 1. The number of nitrogens with one attached hydrogen (secondary N) is 1. The summed E-state index contributed by atoms with van der Waals surface area (Å²) in [7, 11) is 0.